The van der Waals surface area contributed by atoms with E-state index in [1.165, 1.54) is 12.3 Å². The number of nitrogens with one attached hydrogen (secondary N) is 2. The Balaban J connectivity index is 2.94. The van der Waals surface area contributed by atoms with Gasteiger partial charge in [-0.2, -0.15) is 0 Å². The Labute approximate surface area is 104 Å². The maximum absolute atomic E-state index is 11.8. The standard InChI is InChI=1S/C12H16N2O4/c1-6(2)10(12(17)18)14-11(16)8-5-13-7(3)4-9(8)15/h4-6,10H,1-3H3,(H,13,15)(H,14,16)(H,17,18). The Morgan fingerprint density at radius 1 is 1.39 bits per heavy atom. The number of hydrogen-bond donors (Lipinski definition) is 3. The number of H-pyrrole nitrogens is 1. The topological polar surface area (TPSA) is 99.3 Å². The second-order valence-corrected chi connectivity index (χ2v) is 4.43. The molecule has 0 aliphatic rings. The monoisotopic (exact) mass is 252 g/mol. The molecule has 1 unspecified atom stereocenters. The van der Waals surface area contributed by atoms with Crippen molar-refractivity contribution in [1.82, 2.24) is 10.3 Å². The predicted octanol–water partition coefficient (Wildman–Crippen LogP) is 0.522. The zero-order valence-electron chi connectivity index (χ0n) is 10.5. The number of aliphatic carboxylic acids is 1. The molecule has 98 valence electrons. The third kappa shape index (κ3) is 3.19. The molecule has 1 rings (SSSR count). The molecule has 1 heterocycles. The average Bonchev–Trinajstić information content (AvgIpc) is 2.24. The lowest BCUT2D eigenvalue weighted by Crippen LogP contribution is -2.45. The molecule has 1 atom stereocenters. The van der Waals surface area contributed by atoms with Crippen LogP contribution in [0.5, 0.6) is 0 Å². The van der Waals surface area contributed by atoms with Crippen LogP contribution in [0.15, 0.2) is 17.1 Å². The number of hydrogen-bond acceptors (Lipinski definition) is 3. The van der Waals surface area contributed by atoms with Gasteiger partial charge in [-0.15, -0.1) is 0 Å². The van der Waals surface area contributed by atoms with Gasteiger partial charge in [0.15, 0.2) is 5.43 Å². The number of aryl methyl sites for hydroxylation is 1. The van der Waals surface area contributed by atoms with E-state index in [-0.39, 0.29) is 11.5 Å². The SMILES string of the molecule is Cc1cc(=O)c(C(=O)NC(C(=O)O)C(C)C)c[nH]1. The highest BCUT2D eigenvalue weighted by Gasteiger charge is 2.24. The summed E-state index contributed by atoms with van der Waals surface area (Å²) >= 11 is 0. The first-order valence-corrected chi connectivity index (χ1v) is 5.56. The first-order valence-electron chi connectivity index (χ1n) is 5.56. The molecule has 0 saturated carbocycles. The van der Waals surface area contributed by atoms with Crippen LogP contribution in [0.3, 0.4) is 0 Å². The Morgan fingerprint density at radius 2 is 2.00 bits per heavy atom. The van der Waals surface area contributed by atoms with Crippen molar-refractivity contribution in [2.45, 2.75) is 26.8 Å². The number of carbonyl (C=O) groups is 2. The molecule has 0 aliphatic heterocycles. The highest BCUT2D eigenvalue weighted by atomic mass is 16.4. The van der Waals surface area contributed by atoms with Crippen molar-refractivity contribution in [3.8, 4) is 0 Å². The summed E-state index contributed by atoms with van der Waals surface area (Å²) in [7, 11) is 0. The van der Waals surface area contributed by atoms with E-state index in [0.29, 0.717) is 5.69 Å². The minimum Gasteiger partial charge on any atom is -0.480 e. The summed E-state index contributed by atoms with van der Waals surface area (Å²) < 4.78 is 0. The number of pyridine rings is 1. The molecule has 18 heavy (non-hydrogen) atoms. The van der Waals surface area contributed by atoms with Crippen molar-refractivity contribution in [3.63, 3.8) is 0 Å². The smallest absolute Gasteiger partial charge is 0.326 e. The van der Waals surface area contributed by atoms with Gasteiger partial charge in [0.05, 0.1) is 0 Å². The number of carboxylic acids is 1. The number of aromatic amines is 1. The van der Waals surface area contributed by atoms with Crippen molar-refractivity contribution in [1.29, 1.82) is 0 Å². The largest absolute Gasteiger partial charge is 0.480 e. The van der Waals surface area contributed by atoms with Crippen LogP contribution in [0.4, 0.5) is 0 Å². The molecule has 1 amide bonds. The molecule has 3 N–H and O–H groups in total. The fourth-order valence-corrected chi connectivity index (χ4v) is 1.48. The molecule has 0 saturated heterocycles. The van der Waals surface area contributed by atoms with Crippen molar-refractivity contribution < 1.29 is 14.7 Å². The van der Waals surface area contributed by atoms with E-state index in [1.54, 1.807) is 20.8 Å². The number of amides is 1. The van der Waals surface area contributed by atoms with Gasteiger partial charge in [0.25, 0.3) is 5.91 Å². The summed E-state index contributed by atoms with van der Waals surface area (Å²) in [5, 5.41) is 11.3. The lowest BCUT2D eigenvalue weighted by molar-refractivity contribution is -0.140. The van der Waals surface area contributed by atoms with Crippen LogP contribution in [-0.4, -0.2) is 28.0 Å². The fourth-order valence-electron chi connectivity index (χ4n) is 1.48. The second kappa shape index (κ2) is 5.48. The van der Waals surface area contributed by atoms with Gasteiger partial charge < -0.3 is 15.4 Å². The summed E-state index contributed by atoms with van der Waals surface area (Å²) in [6.07, 6.45) is 1.28. The zero-order valence-corrected chi connectivity index (χ0v) is 10.5. The lowest BCUT2D eigenvalue weighted by Gasteiger charge is -2.17. The van der Waals surface area contributed by atoms with Gasteiger partial charge in [-0.05, 0) is 12.8 Å². The Hall–Kier alpha value is -2.11. The predicted molar refractivity (Wildman–Crippen MR) is 65.5 cm³/mol. The third-order valence-corrected chi connectivity index (χ3v) is 2.52. The van der Waals surface area contributed by atoms with Gasteiger partial charge in [0.1, 0.15) is 11.6 Å². The van der Waals surface area contributed by atoms with E-state index in [1.807, 2.05) is 0 Å². The van der Waals surface area contributed by atoms with Gasteiger partial charge in [0.2, 0.25) is 0 Å². The highest BCUT2D eigenvalue weighted by Crippen LogP contribution is 2.03. The minimum atomic E-state index is -1.12. The molecular weight excluding hydrogens is 236 g/mol. The fraction of sp³-hybridized carbons (Fsp3) is 0.417. The summed E-state index contributed by atoms with van der Waals surface area (Å²) in [5.74, 6) is -2.07. The molecule has 6 heteroatoms. The summed E-state index contributed by atoms with van der Waals surface area (Å²) in [4.78, 5) is 37.1. The van der Waals surface area contributed by atoms with Crippen LogP contribution in [0.25, 0.3) is 0 Å². The van der Waals surface area contributed by atoms with Gasteiger partial charge >= 0.3 is 5.97 Å². The first kappa shape index (κ1) is 14.0. The summed E-state index contributed by atoms with van der Waals surface area (Å²) in [6.45, 7) is 5.05. The number of carboxylic acid groups (broad SMARTS) is 1. The Morgan fingerprint density at radius 3 is 2.44 bits per heavy atom. The molecule has 6 nitrogen and oxygen atoms in total. The molecule has 0 bridgehead atoms. The quantitative estimate of drug-likeness (QED) is 0.727. The molecule has 1 aromatic rings. The van der Waals surface area contributed by atoms with E-state index in [9.17, 15) is 14.4 Å². The number of aromatic nitrogens is 1. The van der Waals surface area contributed by atoms with Gasteiger partial charge in [-0.25, -0.2) is 4.79 Å². The molecule has 0 radical (unpaired) electrons. The van der Waals surface area contributed by atoms with E-state index >= 15 is 0 Å². The second-order valence-electron chi connectivity index (χ2n) is 4.43. The molecule has 1 aromatic heterocycles. The third-order valence-electron chi connectivity index (χ3n) is 2.52. The molecule has 0 spiro atoms. The number of rotatable bonds is 4. The first-order chi connectivity index (χ1) is 8.32. The zero-order chi connectivity index (χ0) is 13.9. The molecular formula is C12H16N2O4. The van der Waals surface area contributed by atoms with Crippen molar-refractivity contribution in [2.24, 2.45) is 5.92 Å². The molecule has 0 fully saturated rings. The minimum absolute atomic E-state index is 0.0903. The van der Waals surface area contributed by atoms with Crippen LogP contribution in [0.2, 0.25) is 0 Å². The van der Waals surface area contributed by atoms with Crippen LogP contribution in [0, 0.1) is 12.8 Å². The van der Waals surface area contributed by atoms with E-state index in [0.717, 1.165) is 0 Å². The van der Waals surface area contributed by atoms with Crippen LogP contribution < -0.4 is 10.7 Å². The maximum Gasteiger partial charge on any atom is 0.326 e. The summed E-state index contributed by atoms with van der Waals surface area (Å²) in [6, 6.07) is 0.276. The number of carbonyl (C=O) groups excluding carboxylic acids is 1. The van der Waals surface area contributed by atoms with Gasteiger partial charge in [-0.1, -0.05) is 13.8 Å². The van der Waals surface area contributed by atoms with Crippen molar-refractivity contribution in [3.05, 3.63) is 33.7 Å². The van der Waals surface area contributed by atoms with Crippen molar-refractivity contribution in [2.75, 3.05) is 0 Å². The molecule has 0 aromatic carbocycles. The van der Waals surface area contributed by atoms with Crippen LogP contribution >= 0.6 is 0 Å². The van der Waals surface area contributed by atoms with E-state index < -0.39 is 23.3 Å². The Bertz CT molecular complexity index is 519. The normalized spacial score (nSPS) is 12.2. The molecule has 0 aliphatic carbocycles. The van der Waals surface area contributed by atoms with Crippen molar-refractivity contribution >= 4 is 11.9 Å². The van der Waals surface area contributed by atoms with Gasteiger partial charge in [0, 0.05) is 18.0 Å². The average molecular weight is 252 g/mol. The van der Waals surface area contributed by atoms with Crippen LogP contribution in [-0.2, 0) is 4.79 Å². The van der Waals surface area contributed by atoms with Crippen LogP contribution in [0.1, 0.15) is 29.9 Å². The highest BCUT2D eigenvalue weighted by molar-refractivity contribution is 5.96. The van der Waals surface area contributed by atoms with Gasteiger partial charge in [-0.3, -0.25) is 9.59 Å². The Kier molecular flexibility index (Phi) is 4.25. The van der Waals surface area contributed by atoms with E-state index in [2.05, 4.69) is 10.3 Å². The van der Waals surface area contributed by atoms with E-state index in [4.69, 9.17) is 5.11 Å². The lowest BCUT2D eigenvalue weighted by atomic mass is 10.0. The summed E-state index contributed by atoms with van der Waals surface area (Å²) in [5.41, 5.74) is 0.110. The maximum atomic E-state index is 11.8.